The van der Waals surface area contributed by atoms with Crippen LogP contribution in [0.15, 0.2) is 48.1 Å². The summed E-state index contributed by atoms with van der Waals surface area (Å²) in [7, 11) is 0. The number of fused-ring (bicyclic) bond motifs is 7. The van der Waals surface area contributed by atoms with E-state index < -0.39 is 41.3 Å². The predicted octanol–water partition coefficient (Wildman–Crippen LogP) is 5.70. The number of hydrogen-bond donors (Lipinski definition) is 1. The molecule has 0 bridgehead atoms. The average Bonchev–Trinajstić information content (AvgIpc) is 3.39. The molecule has 0 spiro atoms. The molecule has 228 valence electrons. The molecule has 6 rings (SSSR count). The molecule has 0 radical (unpaired) electrons. The molecular weight excluding hydrogens is 553 g/mol. The maximum Gasteiger partial charge on any atom is 0.573 e. The number of ketones is 2. The van der Waals surface area contributed by atoms with Gasteiger partial charge in [-0.15, -0.1) is 13.2 Å². The summed E-state index contributed by atoms with van der Waals surface area (Å²) < 4.78 is 60.3. The molecule has 0 aromatic heterocycles. The van der Waals surface area contributed by atoms with Crippen LogP contribution >= 0.6 is 0 Å². The van der Waals surface area contributed by atoms with Gasteiger partial charge < -0.3 is 24.1 Å². The van der Waals surface area contributed by atoms with Crippen molar-refractivity contribution in [2.45, 2.75) is 89.8 Å². The van der Waals surface area contributed by atoms with E-state index in [1.807, 2.05) is 19.9 Å². The van der Waals surface area contributed by atoms with Crippen molar-refractivity contribution in [1.82, 2.24) is 0 Å². The molecule has 4 aliphatic carbocycles. The van der Waals surface area contributed by atoms with Crippen molar-refractivity contribution < 1.29 is 46.8 Å². The van der Waals surface area contributed by atoms with Gasteiger partial charge in [0, 0.05) is 16.7 Å². The van der Waals surface area contributed by atoms with Crippen LogP contribution in [0.1, 0.15) is 59.3 Å². The molecule has 7 nitrogen and oxygen atoms in total. The fraction of sp³-hybridized carbons (Fsp3) is 0.625. The highest BCUT2D eigenvalue weighted by molar-refractivity contribution is 6.01. The van der Waals surface area contributed by atoms with E-state index in [2.05, 4.69) is 11.7 Å². The summed E-state index contributed by atoms with van der Waals surface area (Å²) in [6, 6.07) is 4.90. The van der Waals surface area contributed by atoms with E-state index in [9.17, 15) is 27.9 Å². The van der Waals surface area contributed by atoms with Crippen LogP contribution < -0.4 is 9.47 Å². The van der Waals surface area contributed by atoms with Crippen LogP contribution in [0.5, 0.6) is 11.5 Å². The first-order chi connectivity index (χ1) is 19.8. The Balaban J connectivity index is 1.28. The van der Waals surface area contributed by atoms with E-state index in [1.165, 1.54) is 12.1 Å². The third-order valence-electron chi connectivity index (χ3n) is 10.7. The average molecular weight is 591 g/mol. The first-order valence-corrected chi connectivity index (χ1v) is 14.8. The standard InChI is InChI=1S/C32H37F3O7/c1-4-5-27-40-26-15-23-22-11-6-18-14-19(36)12-13-29(18,2)28(22)24(37)16-30(23,3)31(26,42-27)25(38)17-39-20-7-9-21(10-8-20)41-32(33,34)35/h7-10,12-14,22-24,26-28,37H,4-6,11,15-17H2,1-3H3/t22?,23?,24-,26+,27?,28?,29?,30?,31-/m0/s1. The summed E-state index contributed by atoms with van der Waals surface area (Å²) in [6.07, 6.45) is 2.56. The van der Waals surface area contributed by atoms with Gasteiger partial charge >= 0.3 is 6.36 Å². The van der Waals surface area contributed by atoms with Crippen molar-refractivity contribution in [3.63, 3.8) is 0 Å². The number of aliphatic hydroxyl groups is 1. The number of halogens is 3. The number of benzene rings is 1. The van der Waals surface area contributed by atoms with E-state index in [0.29, 0.717) is 19.3 Å². The van der Waals surface area contributed by atoms with E-state index >= 15 is 0 Å². The number of allylic oxidation sites excluding steroid dienone is 4. The molecule has 9 atom stereocenters. The van der Waals surface area contributed by atoms with Crippen molar-refractivity contribution >= 4 is 11.6 Å². The Kier molecular flexibility index (Phi) is 7.14. The zero-order chi connectivity index (χ0) is 30.1. The minimum Gasteiger partial charge on any atom is -0.486 e. The molecule has 1 heterocycles. The number of ether oxygens (including phenoxy) is 4. The SMILES string of the molecule is CCCC1O[C@@H]2CC3C4CCC5=CC(=O)C=CC5(C)C4[C@@H](O)CC3(C)[C@@]2(C(=O)COc2ccc(OC(F)(F)F)cc2)O1. The summed E-state index contributed by atoms with van der Waals surface area (Å²) >= 11 is 0. The molecule has 0 amide bonds. The largest absolute Gasteiger partial charge is 0.573 e. The third kappa shape index (κ3) is 4.52. The Hall–Kier alpha value is -2.69. The molecule has 5 aliphatic rings. The molecule has 1 aromatic rings. The predicted molar refractivity (Wildman–Crippen MR) is 144 cm³/mol. The summed E-state index contributed by atoms with van der Waals surface area (Å²) in [5, 5.41) is 11.8. The highest BCUT2D eigenvalue weighted by Crippen LogP contribution is 2.69. The lowest BCUT2D eigenvalue weighted by Crippen LogP contribution is -2.63. The molecule has 1 aromatic carbocycles. The van der Waals surface area contributed by atoms with Gasteiger partial charge in [-0.3, -0.25) is 9.59 Å². The maximum absolute atomic E-state index is 14.2. The van der Waals surface area contributed by atoms with Gasteiger partial charge in [0.15, 0.2) is 17.7 Å². The van der Waals surface area contributed by atoms with Gasteiger partial charge in [0.25, 0.3) is 0 Å². The molecular formula is C32H37F3O7. The molecule has 1 N–H and O–H groups in total. The van der Waals surface area contributed by atoms with E-state index in [4.69, 9.17) is 14.2 Å². The zero-order valence-corrected chi connectivity index (χ0v) is 24.0. The van der Waals surface area contributed by atoms with Crippen molar-refractivity contribution in [1.29, 1.82) is 0 Å². The Morgan fingerprint density at radius 2 is 1.88 bits per heavy atom. The van der Waals surface area contributed by atoms with E-state index in [1.54, 1.807) is 12.2 Å². The lowest BCUT2D eigenvalue weighted by molar-refractivity contribution is -0.274. The first kappa shape index (κ1) is 29.4. The minimum atomic E-state index is -4.81. The normalized spacial score (nSPS) is 40.5. The van der Waals surface area contributed by atoms with Crippen LogP contribution in [-0.2, 0) is 19.1 Å². The smallest absolute Gasteiger partial charge is 0.486 e. The molecule has 1 saturated heterocycles. The summed E-state index contributed by atoms with van der Waals surface area (Å²) in [5.41, 5.74) is -1.46. The molecule has 4 fully saturated rings. The van der Waals surface area contributed by atoms with Gasteiger partial charge in [0.1, 0.15) is 18.1 Å². The fourth-order valence-corrected chi connectivity index (χ4v) is 9.00. The second kappa shape index (κ2) is 10.2. The number of alkyl halides is 3. The van der Waals surface area contributed by atoms with Crippen molar-refractivity contribution in [3.05, 3.63) is 48.1 Å². The van der Waals surface area contributed by atoms with Gasteiger partial charge in [0.2, 0.25) is 5.78 Å². The van der Waals surface area contributed by atoms with Crippen molar-refractivity contribution in [2.24, 2.45) is 28.6 Å². The number of carbonyl (C=O) groups is 2. The monoisotopic (exact) mass is 590 g/mol. The number of hydrogen-bond acceptors (Lipinski definition) is 7. The third-order valence-corrected chi connectivity index (χ3v) is 10.7. The number of aliphatic hydroxyl groups excluding tert-OH is 1. The summed E-state index contributed by atoms with van der Waals surface area (Å²) in [6.45, 7) is 5.79. The van der Waals surface area contributed by atoms with E-state index in [-0.39, 0.29) is 47.4 Å². The topological polar surface area (TPSA) is 91.3 Å². The van der Waals surface area contributed by atoms with Crippen molar-refractivity contribution in [2.75, 3.05) is 6.61 Å². The fourth-order valence-electron chi connectivity index (χ4n) is 9.00. The van der Waals surface area contributed by atoms with Crippen LogP contribution in [0.2, 0.25) is 0 Å². The van der Waals surface area contributed by atoms with Gasteiger partial charge in [0.05, 0.1) is 12.2 Å². The second-order valence-corrected chi connectivity index (χ2v) is 12.9. The number of Topliss-reactive ketones (excluding diaryl/α,β-unsaturated/α-hetero) is 1. The van der Waals surface area contributed by atoms with Crippen molar-refractivity contribution in [3.8, 4) is 11.5 Å². The second-order valence-electron chi connectivity index (χ2n) is 12.9. The molecule has 3 saturated carbocycles. The quantitative estimate of drug-likeness (QED) is 0.436. The van der Waals surface area contributed by atoms with Crippen LogP contribution in [-0.4, -0.2) is 53.7 Å². The lowest BCUT2D eigenvalue weighted by Gasteiger charge is -2.59. The number of rotatable bonds is 7. The van der Waals surface area contributed by atoms with Gasteiger partial charge in [-0.2, -0.15) is 0 Å². The molecule has 6 unspecified atom stereocenters. The summed E-state index contributed by atoms with van der Waals surface area (Å²) in [4.78, 5) is 26.4. The van der Waals surface area contributed by atoms with Gasteiger partial charge in [-0.25, -0.2) is 0 Å². The van der Waals surface area contributed by atoms with Gasteiger partial charge in [-0.1, -0.05) is 38.8 Å². The summed E-state index contributed by atoms with van der Waals surface area (Å²) in [5.74, 6) is -0.477. The van der Waals surface area contributed by atoms with Crippen LogP contribution in [0, 0.1) is 28.6 Å². The Labute approximate surface area is 243 Å². The lowest BCUT2D eigenvalue weighted by atomic mass is 9.46. The first-order valence-electron chi connectivity index (χ1n) is 14.8. The van der Waals surface area contributed by atoms with Crippen LogP contribution in [0.25, 0.3) is 0 Å². The highest BCUT2D eigenvalue weighted by Gasteiger charge is 2.75. The van der Waals surface area contributed by atoms with Crippen LogP contribution in [0.4, 0.5) is 13.2 Å². The molecule has 10 heteroatoms. The molecule has 1 aliphatic heterocycles. The van der Waals surface area contributed by atoms with E-state index in [0.717, 1.165) is 37.0 Å². The Morgan fingerprint density at radius 1 is 1.17 bits per heavy atom. The maximum atomic E-state index is 14.2. The zero-order valence-electron chi connectivity index (χ0n) is 24.0. The minimum absolute atomic E-state index is 0.0257. The Morgan fingerprint density at radius 3 is 2.57 bits per heavy atom. The Bertz CT molecular complexity index is 1310. The van der Waals surface area contributed by atoms with Gasteiger partial charge in [-0.05, 0) is 80.4 Å². The number of carbonyl (C=O) groups excluding carboxylic acids is 2. The highest BCUT2D eigenvalue weighted by atomic mass is 19.4. The van der Waals surface area contributed by atoms with Crippen LogP contribution in [0.3, 0.4) is 0 Å². The molecule has 42 heavy (non-hydrogen) atoms.